The van der Waals surface area contributed by atoms with Crippen LogP contribution in [0.3, 0.4) is 0 Å². The van der Waals surface area contributed by atoms with E-state index in [0.29, 0.717) is 11.2 Å². The topological polar surface area (TPSA) is 59.6 Å². The molecule has 0 aliphatic carbocycles. The first kappa shape index (κ1) is 10.8. The van der Waals surface area contributed by atoms with Crippen LogP contribution in [0.5, 0.6) is 0 Å². The predicted molar refractivity (Wildman–Crippen MR) is 69.6 cm³/mol. The first-order valence-electron chi connectivity index (χ1n) is 5.64. The van der Waals surface area contributed by atoms with Crippen molar-refractivity contribution in [3.05, 3.63) is 35.8 Å². The molecule has 0 saturated heterocycles. The molecule has 0 unspecified atom stereocenters. The molecule has 92 valence electrons. The van der Waals surface area contributed by atoms with Crippen LogP contribution in [-0.4, -0.2) is 14.8 Å². The van der Waals surface area contributed by atoms with Crippen molar-refractivity contribution in [2.75, 3.05) is 5.73 Å². The Labute approximate surface area is 103 Å². The largest absolute Gasteiger partial charge is 0.382 e. The minimum absolute atomic E-state index is 0.237. The first-order valence-corrected chi connectivity index (χ1v) is 5.64. The van der Waals surface area contributed by atoms with Crippen molar-refractivity contribution in [1.82, 2.24) is 14.8 Å². The van der Waals surface area contributed by atoms with E-state index in [4.69, 9.17) is 5.73 Å². The summed E-state index contributed by atoms with van der Waals surface area (Å²) in [7, 11) is 1.92. The van der Waals surface area contributed by atoms with E-state index in [1.807, 2.05) is 24.6 Å². The molecule has 2 heterocycles. The quantitative estimate of drug-likeness (QED) is 0.691. The highest BCUT2D eigenvalue weighted by atomic mass is 19.1. The lowest BCUT2D eigenvalue weighted by Crippen LogP contribution is -1.90. The van der Waals surface area contributed by atoms with Gasteiger partial charge in [-0.25, -0.2) is 4.39 Å². The lowest BCUT2D eigenvalue weighted by molar-refractivity contribution is 0.640. The van der Waals surface area contributed by atoms with Crippen LogP contribution in [0.15, 0.2) is 24.3 Å². The lowest BCUT2D eigenvalue weighted by Gasteiger charge is -1.99. The van der Waals surface area contributed by atoms with Gasteiger partial charge in [0.15, 0.2) is 0 Å². The molecule has 2 aromatic heterocycles. The second-order valence-corrected chi connectivity index (χ2v) is 4.36. The van der Waals surface area contributed by atoms with E-state index in [0.717, 1.165) is 22.5 Å². The zero-order valence-corrected chi connectivity index (χ0v) is 10.2. The molecule has 5 heteroatoms. The summed E-state index contributed by atoms with van der Waals surface area (Å²) in [6.07, 6.45) is 0. The van der Waals surface area contributed by atoms with Gasteiger partial charge in [0.05, 0.1) is 11.2 Å². The summed E-state index contributed by atoms with van der Waals surface area (Å²) < 4.78 is 16.0. The van der Waals surface area contributed by atoms with Gasteiger partial charge in [-0.1, -0.05) is 6.07 Å². The van der Waals surface area contributed by atoms with E-state index in [9.17, 15) is 4.39 Å². The average molecular weight is 244 g/mol. The van der Waals surface area contributed by atoms with Crippen molar-refractivity contribution >= 4 is 16.7 Å². The van der Waals surface area contributed by atoms with Crippen molar-refractivity contribution < 1.29 is 4.39 Å². The maximum Gasteiger partial charge on any atom is 0.145 e. The molecule has 0 radical (unpaired) electrons. The molecule has 3 rings (SSSR count). The Morgan fingerprint density at radius 2 is 2.17 bits per heavy atom. The molecule has 18 heavy (non-hydrogen) atoms. The summed E-state index contributed by atoms with van der Waals surface area (Å²) in [6.45, 7) is 1.95. The number of nitrogen functional groups attached to an aromatic ring is 1. The number of nitrogens with zero attached hydrogens (tertiary/aromatic N) is 2. The van der Waals surface area contributed by atoms with Crippen molar-refractivity contribution in [2.24, 2.45) is 7.05 Å². The number of halogens is 1. The number of aromatic nitrogens is 3. The summed E-state index contributed by atoms with van der Waals surface area (Å²) in [6, 6.07) is 6.79. The number of benzene rings is 1. The molecule has 0 fully saturated rings. The van der Waals surface area contributed by atoms with Crippen molar-refractivity contribution in [1.29, 1.82) is 0 Å². The number of nitrogens with one attached hydrogen (secondary N) is 1. The van der Waals surface area contributed by atoms with Crippen LogP contribution in [0.25, 0.3) is 22.2 Å². The van der Waals surface area contributed by atoms with Crippen LogP contribution in [-0.2, 0) is 7.05 Å². The van der Waals surface area contributed by atoms with Crippen LogP contribution in [0, 0.1) is 12.7 Å². The molecule has 3 aromatic rings. The number of hydrogen-bond donors (Lipinski definition) is 2. The molecule has 4 nitrogen and oxygen atoms in total. The smallest absolute Gasteiger partial charge is 0.145 e. The number of aromatic amines is 1. The third-order valence-corrected chi connectivity index (χ3v) is 3.33. The molecular formula is C13H13FN4. The monoisotopic (exact) mass is 244 g/mol. The molecule has 0 saturated carbocycles. The third kappa shape index (κ3) is 1.33. The molecular weight excluding hydrogens is 231 g/mol. The molecule has 0 aliphatic rings. The van der Waals surface area contributed by atoms with Gasteiger partial charge in [-0.2, -0.15) is 5.10 Å². The minimum Gasteiger partial charge on any atom is -0.382 e. The fourth-order valence-corrected chi connectivity index (χ4v) is 2.36. The number of hydrogen-bond acceptors (Lipinski definition) is 2. The SMILES string of the molecule is Cc1c(-c2cc(N)n[nH]2)c2c(F)cccc2n1C. The van der Waals surface area contributed by atoms with E-state index in [1.165, 1.54) is 6.07 Å². The van der Waals surface area contributed by atoms with Crippen molar-refractivity contribution in [2.45, 2.75) is 6.92 Å². The summed E-state index contributed by atoms with van der Waals surface area (Å²) >= 11 is 0. The van der Waals surface area contributed by atoms with Crippen LogP contribution in [0.1, 0.15) is 5.69 Å². The highest BCUT2D eigenvalue weighted by molar-refractivity contribution is 5.97. The summed E-state index contributed by atoms with van der Waals surface area (Å²) in [5, 5.41) is 7.34. The van der Waals surface area contributed by atoms with Gasteiger partial charge >= 0.3 is 0 Å². The number of anilines is 1. The molecule has 0 aliphatic heterocycles. The maximum atomic E-state index is 14.1. The van der Waals surface area contributed by atoms with E-state index < -0.39 is 0 Å². The van der Waals surface area contributed by atoms with Gasteiger partial charge < -0.3 is 10.3 Å². The number of H-pyrrole nitrogens is 1. The fourth-order valence-electron chi connectivity index (χ4n) is 2.36. The van der Waals surface area contributed by atoms with Crippen LogP contribution in [0.2, 0.25) is 0 Å². The van der Waals surface area contributed by atoms with E-state index in [1.54, 1.807) is 12.1 Å². The summed E-state index contributed by atoms with van der Waals surface area (Å²) in [4.78, 5) is 0. The first-order chi connectivity index (χ1) is 8.59. The van der Waals surface area contributed by atoms with Crippen LogP contribution in [0.4, 0.5) is 10.2 Å². The van der Waals surface area contributed by atoms with E-state index in [-0.39, 0.29) is 5.82 Å². The standard InChI is InChI=1S/C13H13FN4/c1-7-12(9-6-11(15)17-16-9)13-8(14)4-3-5-10(13)18(7)2/h3-6H,1-2H3,(H3,15,16,17). The Bertz CT molecular complexity index is 739. The number of nitrogens with two attached hydrogens (primary N) is 1. The number of rotatable bonds is 1. The molecule has 1 aromatic carbocycles. The second-order valence-electron chi connectivity index (χ2n) is 4.36. The molecule has 0 spiro atoms. The van der Waals surface area contributed by atoms with Crippen LogP contribution >= 0.6 is 0 Å². The average Bonchev–Trinajstić information content (AvgIpc) is 2.86. The van der Waals surface area contributed by atoms with Gasteiger partial charge in [0.1, 0.15) is 11.6 Å². The van der Waals surface area contributed by atoms with Crippen molar-refractivity contribution in [3.8, 4) is 11.3 Å². The van der Waals surface area contributed by atoms with Gasteiger partial charge in [0, 0.05) is 29.8 Å². The second kappa shape index (κ2) is 3.60. The zero-order valence-electron chi connectivity index (χ0n) is 10.2. The lowest BCUT2D eigenvalue weighted by atomic mass is 10.1. The van der Waals surface area contributed by atoms with Gasteiger partial charge in [-0.05, 0) is 19.1 Å². The minimum atomic E-state index is -0.237. The van der Waals surface area contributed by atoms with Crippen LogP contribution < -0.4 is 5.73 Å². The Balaban J connectivity index is 2.45. The van der Waals surface area contributed by atoms with E-state index in [2.05, 4.69) is 10.2 Å². The zero-order chi connectivity index (χ0) is 12.9. The molecule has 0 amide bonds. The Kier molecular flexibility index (Phi) is 2.16. The van der Waals surface area contributed by atoms with Gasteiger partial charge in [0.2, 0.25) is 0 Å². The third-order valence-electron chi connectivity index (χ3n) is 3.33. The van der Waals surface area contributed by atoms with Crippen molar-refractivity contribution in [3.63, 3.8) is 0 Å². The van der Waals surface area contributed by atoms with Gasteiger partial charge in [-0.15, -0.1) is 0 Å². The molecule has 3 N–H and O–H groups in total. The molecule has 0 bridgehead atoms. The fraction of sp³-hybridized carbons (Fsp3) is 0.154. The summed E-state index contributed by atoms with van der Waals surface area (Å²) in [5.41, 5.74) is 8.99. The predicted octanol–water partition coefficient (Wildman–Crippen LogP) is 2.60. The Morgan fingerprint density at radius 3 is 2.83 bits per heavy atom. The van der Waals surface area contributed by atoms with Gasteiger partial charge in [0.25, 0.3) is 0 Å². The highest BCUT2D eigenvalue weighted by Gasteiger charge is 2.18. The maximum absolute atomic E-state index is 14.1. The number of fused-ring (bicyclic) bond motifs is 1. The number of aryl methyl sites for hydroxylation is 1. The molecule has 0 atom stereocenters. The van der Waals surface area contributed by atoms with E-state index >= 15 is 0 Å². The van der Waals surface area contributed by atoms with Gasteiger partial charge in [-0.3, -0.25) is 5.10 Å². The summed E-state index contributed by atoms with van der Waals surface area (Å²) in [5.74, 6) is 0.164. The highest BCUT2D eigenvalue weighted by Crippen LogP contribution is 2.34. The Morgan fingerprint density at radius 1 is 1.39 bits per heavy atom. The normalized spacial score (nSPS) is 11.3. The Hall–Kier alpha value is -2.30.